The molecule has 0 spiro atoms. The number of carbonyl (C=O) groups excluding carboxylic acids is 4. The van der Waals surface area contributed by atoms with E-state index < -0.39 is 23.0 Å². The van der Waals surface area contributed by atoms with Crippen molar-refractivity contribution in [2.75, 3.05) is 17.2 Å². The predicted octanol–water partition coefficient (Wildman–Crippen LogP) is 7.15. The lowest BCUT2D eigenvalue weighted by atomic mass is 10.1. The zero-order valence-electron chi connectivity index (χ0n) is 24.0. The van der Waals surface area contributed by atoms with Gasteiger partial charge in [0, 0.05) is 26.3 Å². The molecule has 44 heavy (non-hydrogen) atoms. The Hall–Kier alpha value is -4.67. The summed E-state index contributed by atoms with van der Waals surface area (Å²) in [5.74, 6) is -1.57. The Kier molecular flexibility index (Phi) is 11.5. The highest BCUT2D eigenvalue weighted by molar-refractivity contribution is 9.10. The van der Waals surface area contributed by atoms with Crippen LogP contribution < -0.4 is 16.0 Å². The molecule has 4 rings (SSSR count). The van der Waals surface area contributed by atoms with Crippen molar-refractivity contribution in [2.45, 2.75) is 24.0 Å². The summed E-state index contributed by atoms with van der Waals surface area (Å²) in [6, 6.07) is 29.6. The molecule has 3 N–H and O–H groups in total. The molecule has 0 bridgehead atoms. The van der Waals surface area contributed by atoms with Crippen molar-refractivity contribution in [3.8, 4) is 0 Å². The first-order chi connectivity index (χ1) is 21.2. The predicted molar refractivity (Wildman–Crippen MR) is 177 cm³/mol. The van der Waals surface area contributed by atoms with E-state index in [1.165, 1.54) is 11.8 Å². The maximum atomic E-state index is 13.4. The Morgan fingerprint density at radius 1 is 0.818 bits per heavy atom. The van der Waals surface area contributed by atoms with E-state index >= 15 is 0 Å². The third-order valence-electron chi connectivity index (χ3n) is 6.13. The Labute approximate surface area is 268 Å². The summed E-state index contributed by atoms with van der Waals surface area (Å²) in [5, 5.41) is 7.97. The normalized spacial score (nSPS) is 11.7. The Balaban J connectivity index is 1.43. The number of halogens is 1. The summed E-state index contributed by atoms with van der Waals surface area (Å²) in [5.41, 5.74) is 2.66. The number of benzene rings is 4. The van der Waals surface area contributed by atoms with Crippen LogP contribution in [0.5, 0.6) is 0 Å². The van der Waals surface area contributed by atoms with Gasteiger partial charge in [-0.05, 0) is 92.2 Å². The van der Waals surface area contributed by atoms with E-state index in [4.69, 9.17) is 4.74 Å². The van der Waals surface area contributed by atoms with Gasteiger partial charge in [-0.1, -0.05) is 52.3 Å². The zero-order valence-corrected chi connectivity index (χ0v) is 26.4. The topological polar surface area (TPSA) is 114 Å². The van der Waals surface area contributed by atoms with Crippen molar-refractivity contribution in [3.05, 3.63) is 130 Å². The molecule has 0 saturated carbocycles. The lowest BCUT2D eigenvalue weighted by Gasteiger charge is -2.14. The number of anilines is 2. The van der Waals surface area contributed by atoms with Gasteiger partial charge in [0.15, 0.2) is 0 Å². The van der Waals surface area contributed by atoms with E-state index in [1.54, 1.807) is 86.7 Å². The lowest BCUT2D eigenvalue weighted by molar-refractivity contribution is -0.115. The summed E-state index contributed by atoms with van der Waals surface area (Å²) in [6.45, 7) is 3.79. The lowest BCUT2D eigenvalue weighted by Crippen LogP contribution is -2.30. The van der Waals surface area contributed by atoms with E-state index in [2.05, 4.69) is 31.9 Å². The average Bonchev–Trinajstić information content (AvgIpc) is 3.01. The molecule has 1 atom stereocenters. The number of nitrogens with one attached hydrogen (secondary N) is 3. The SMILES string of the molecule is CCOC(=O)c1ccc(NC(=O)C(C)Sc2cccc(NC(=O)/C(=C\c3cccc(Br)c3)NC(=O)c3ccccc3)c2)cc1. The van der Waals surface area contributed by atoms with Gasteiger partial charge in [0.05, 0.1) is 17.4 Å². The quantitative estimate of drug-likeness (QED) is 0.0886. The minimum atomic E-state index is -0.506. The Morgan fingerprint density at radius 3 is 2.25 bits per heavy atom. The van der Waals surface area contributed by atoms with Gasteiger partial charge in [0.2, 0.25) is 5.91 Å². The third-order valence-corrected chi connectivity index (χ3v) is 7.71. The van der Waals surface area contributed by atoms with Crippen molar-refractivity contribution < 1.29 is 23.9 Å². The second kappa shape index (κ2) is 15.7. The van der Waals surface area contributed by atoms with Crippen LogP contribution in [0.1, 0.15) is 40.1 Å². The first kappa shape index (κ1) is 32.2. The van der Waals surface area contributed by atoms with Gasteiger partial charge in [0.1, 0.15) is 5.70 Å². The average molecular weight is 673 g/mol. The highest BCUT2D eigenvalue weighted by Gasteiger charge is 2.18. The molecule has 0 saturated heterocycles. The molecule has 0 aromatic heterocycles. The number of carbonyl (C=O) groups is 4. The Morgan fingerprint density at radius 2 is 1.55 bits per heavy atom. The fourth-order valence-corrected chi connectivity index (χ4v) is 5.30. The van der Waals surface area contributed by atoms with Crippen LogP contribution in [-0.4, -0.2) is 35.5 Å². The van der Waals surface area contributed by atoms with Gasteiger partial charge in [-0.15, -0.1) is 11.8 Å². The number of hydrogen-bond donors (Lipinski definition) is 3. The molecule has 0 heterocycles. The number of amides is 3. The molecule has 224 valence electrons. The zero-order chi connectivity index (χ0) is 31.5. The molecule has 10 heteroatoms. The number of thioether (sulfide) groups is 1. The maximum Gasteiger partial charge on any atom is 0.338 e. The van der Waals surface area contributed by atoms with Crippen molar-refractivity contribution in [3.63, 3.8) is 0 Å². The van der Waals surface area contributed by atoms with Gasteiger partial charge >= 0.3 is 5.97 Å². The van der Waals surface area contributed by atoms with Crippen molar-refractivity contribution in [1.82, 2.24) is 5.32 Å². The minimum absolute atomic E-state index is 0.0664. The molecule has 0 aliphatic heterocycles. The van der Waals surface area contributed by atoms with Crippen molar-refractivity contribution >= 4 is 68.8 Å². The van der Waals surface area contributed by atoms with Gasteiger partial charge < -0.3 is 20.7 Å². The van der Waals surface area contributed by atoms with E-state index in [0.717, 1.165) is 14.9 Å². The molecule has 4 aromatic carbocycles. The number of esters is 1. The molecule has 0 aliphatic rings. The fraction of sp³-hybridized carbons (Fsp3) is 0.118. The molecule has 0 aliphatic carbocycles. The summed E-state index contributed by atoms with van der Waals surface area (Å²) < 4.78 is 5.82. The second-order valence-electron chi connectivity index (χ2n) is 9.46. The fourth-order valence-electron chi connectivity index (χ4n) is 3.96. The van der Waals surface area contributed by atoms with Crippen LogP contribution in [0.2, 0.25) is 0 Å². The van der Waals surface area contributed by atoms with Gasteiger partial charge in [-0.25, -0.2) is 4.79 Å². The molecule has 0 fully saturated rings. The third kappa shape index (κ3) is 9.42. The van der Waals surface area contributed by atoms with E-state index in [0.29, 0.717) is 22.5 Å². The van der Waals surface area contributed by atoms with Gasteiger partial charge in [-0.2, -0.15) is 0 Å². The molecular weight excluding hydrogens is 642 g/mol. The van der Waals surface area contributed by atoms with Crippen LogP contribution in [0.4, 0.5) is 11.4 Å². The molecular formula is C34H30BrN3O5S. The summed E-state index contributed by atoms with van der Waals surface area (Å²) >= 11 is 4.76. The first-order valence-corrected chi connectivity index (χ1v) is 15.4. The smallest absolute Gasteiger partial charge is 0.338 e. The Bertz CT molecular complexity index is 1680. The van der Waals surface area contributed by atoms with Crippen LogP contribution >= 0.6 is 27.7 Å². The molecule has 0 radical (unpaired) electrons. The summed E-state index contributed by atoms with van der Waals surface area (Å²) in [4.78, 5) is 51.8. The van der Waals surface area contributed by atoms with E-state index in [1.807, 2.05) is 36.4 Å². The molecule has 8 nitrogen and oxygen atoms in total. The highest BCUT2D eigenvalue weighted by Crippen LogP contribution is 2.27. The molecule has 3 amide bonds. The first-order valence-electron chi connectivity index (χ1n) is 13.7. The van der Waals surface area contributed by atoms with Crippen LogP contribution in [0.25, 0.3) is 6.08 Å². The van der Waals surface area contributed by atoms with Crippen LogP contribution in [0.3, 0.4) is 0 Å². The monoisotopic (exact) mass is 671 g/mol. The van der Waals surface area contributed by atoms with Crippen LogP contribution in [0.15, 0.2) is 118 Å². The summed E-state index contributed by atoms with van der Waals surface area (Å²) in [6.07, 6.45) is 1.60. The number of rotatable bonds is 11. The molecule has 1 unspecified atom stereocenters. The second-order valence-corrected chi connectivity index (χ2v) is 11.8. The highest BCUT2D eigenvalue weighted by atomic mass is 79.9. The minimum Gasteiger partial charge on any atom is -0.462 e. The van der Waals surface area contributed by atoms with Crippen molar-refractivity contribution in [1.29, 1.82) is 0 Å². The van der Waals surface area contributed by atoms with E-state index in [-0.39, 0.29) is 18.2 Å². The van der Waals surface area contributed by atoms with Gasteiger partial charge in [0.25, 0.3) is 11.8 Å². The number of hydrogen-bond acceptors (Lipinski definition) is 6. The van der Waals surface area contributed by atoms with Crippen LogP contribution in [-0.2, 0) is 14.3 Å². The standard InChI is InChI=1S/C34H30BrN3O5S/c1-3-43-34(42)25-15-17-27(18-16-25)36-31(39)22(2)44-29-14-8-13-28(21-29)37-33(41)30(20-23-9-7-12-26(35)19-23)38-32(40)24-10-5-4-6-11-24/h4-22H,3H2,1-2H3,(H,36,39)(H,37,41)(H,38,40)/b30-20+. The maximum absolute atomic E-state index is 13.4. The summed E-state index contributed by atoms with van der Waals surface area (Å²) in [7, 11) is 0. The van der Waals surface area contributed by atoms with Crippen LogP contribution in [0, 0.1) is 0 Å². The molecule has 4 aromatic rings. The van der Waals surface area contributed by atoms with Crippen molar-refractivity contribution in [2.24, 2.45) is 0 Å². The largest absolute Gasteiger partial charge is 0.462 e. The van der Waals surface area contributed by atoms with E-state index in [9.17, 15) is 19.2 Å². The van der Waals surface area contributed by atoms with Gasteiger partial charge in [-0.3, -0.25) is 14.4 Å². The number of ether oxygens (including phenoxy) is 1.